The molecule has 3 aromatic rings. The lowest BCUT2D eigenvalue weighted by Gasteiger charge is -2.32. The number of nitrogens with one attached hydrogen (secondary N) is 1. The van der Waals surface area contributed by atoms with E-state index < -0.39 is 28.2 Å². The van der Waals surface area contributed by atoms with Crippen LogP contribution < -0.4 is 5.32 Å². The second kappa shape index (κ2) is 12.0. The fourth-order valence-corrected chi connectivity index (χ4v) is 6.29. The standard InChI is InChI=1S/C29H32F2N2O3S/c1-21-10-12-22(13-11-21)18-32-29(34)24-16-14-23(15-17-24)19-33(20-26-27(30)8-5-9-28(26)31)37(35,36)25-6-3-2-4-7-25/h2-13,23-24H,14-20H2,1H3,(H,32,34). The molecule has 1 aliphatic rings. The molecule has 1 amide bonds. The van der Waals surface area contributed by atoms with Crippen LogP contribution in [0, 0.1) is 30.4 Å². The zero-order valence-electron chi connectivity index (χ0n) is 20.9. The maximum atomic E-state index is 14.4. The third-order valence-electron chi connectivity index (χ3n) is 7.04. The first kappa shape index (κ1) is 26.9. The summed E-state index contributed by atoms with van der Waals surface area (Å²) in [6.07, 6.45) is 2.59. The molecule has 5 nitrogen and oxygen atoms in total. The molecular weight excluding hydrogens is 494 g/mol. The van der Waals surface area contributed by atoms with Crippen molar-refractivity contribution >= 4 is 15.9 Å². The maximum absolute atomic E-state index is 14.4. The van der Waals surface area contributed by atoms with Crippen LogP contribution in [-0.4, -0.2) is 25.2 Å². The van der Waals surface area contributed by atoms with E-state index in [1.54, 1.807) is 18.2 Å². The van der Waals surface area contributed by atoms with Gasteiger partial charge in [0, 0.05) is 31.1 Å². The van der Waals surface area contributed by atoms with Crippen LogP contribution >= 0.6 is 0 Å². The van der Waals surface area contributed by atoms with Crippen molar-refractivity contribution in [3.8, 4) is 0 Å². The molecule has 0 unspecified atom stereocenters. The fourth-order valence-electron chi connectivity index (χ4n) is 4.78. The van der Waals surface area contributed by atoms with Crippen LogP contribution in [0.2, 0.25) is 0 Å². The van der Waals surface area contributed by atoms with Crippen LogP contribution in [0.3, 0.4) is 0 Å². The van der Waals surface area contributed by atoms with Crippen LogP contribution in [-0.2, 0) is 27.9 Å². The highest BCUT2D eigenvalue weighted by molar-refractivity contribution is 7.89. The topological polar surface area (TPSA) is 66.5 Å². The second-order valence-corrected chi connectivity index (χ2v) is 11.7. The molecule has 0 aromatic heterocycles. The minimum Gasteiger partial charge on any atom is -0.352 e. The van der Waals surface area contributed by atoms with Crippen molar-refractivity contribution in [3.05, 3.63) is 101 Å². The Labute approximate surface area is 217 Å². The first-order chi connectivity index (χ1) is 17.7. The number of hydrogen-bond acceptors (Lipinski definition) is 3. The summed E-state index contributed by atoms with van der Waals surface area (Å²) >= 11 is 0. The van der Waals surface area contributed by atoms with Crippen molar-refractivity contribution < 1.29 is 22.0 Å². The van der Waals surface area contributed by atoms with Gasteiger partial charge in [0.15, 0.2) is 0 Å². The smallest absolute Gasteiger partial charge is 0.243 e. The Morgan fingerprint density at radius 2 is 1.51 bits per heavy atom. The Hall–Kier alpha value is -3.10. The van der Waals surface area contributed by atoms with Gasteiger partial charge in [0.1, 0.15) is 11.6 Å². The number of nitrogens with zero attached hydrogens (tertiary/aromatic N) is 1. The van der Waals surface area contributed by atoms with Gasteiger partial charge >= 0.3 is 0 Å². The number of sulfonamides is 1. The van der Waals surface area contributed by atoms with Gasteiger partial charge in [-0.15, -0.1) is 0 Å². The van der Waals surface area contributed by atoms with Gasteiger partial charge in [0.05, 0.1) is 4.90 Å². The molecule has 1 fully saturated rings. The van der Waals surface area contributed by atoms with Gasteiger partial charge in [0.25, 0.3) is 0 Å². The predicted molar refractivity (Wildman–Crippen MR) is 139 cm³/mol. The maximum Gasteiger partial charge on any atom is 0.243 e. The Bertz CT molecular complexity index is 1290. The Balaban J connectivity index is 1.42. The highest BCUT2D eigenvalue weighted by atomic mass is 32.2. The van der Waals surface area contributed by atoms with E-state index in [2.05, 4.69) is 5.32 Å². The number of rotatable bonds is 9. The lowest BCUT2D eigenvalue weighted by Crippen LogP contribution is -2.38. The zero-order chi connectivity index (χ0) is 26.4. The molecule has 0 atom stereocenters. The number of aryl methyl sites for hydroxylation is 1. The van der Waals surface area contributed by atoms with Crippen molar-refractivity contribution in [2.45, 2.75) is 50.6 Å². The van der Waals surface area contributed by atoms with Crippen molar-refractivity contribution in [2.75, 3.05) is 6.54 Å². The number of carbonyl (C=O) groups excluding carboxylic acids is 1. The molecule has 4 rings (SSSR count). The van der Waals surface area contributed by atoms with Gasteiger partial charge in [-0.2, -0.15) is 4.31 Å². The number of halogens is 2. The summed E-state index contributed by atoms with van der Waals surface area (Å²) in [6.45, 7) is 2.21. The number of hydrogen-bond donors (Lipinski definition) is 1. The molecule has 0 bridgehead atoms. The lowest BCUT2D eigenvalue weighted by atomic mass is 9.81. The van der Waals surface area contributed by atoms with Gasteiger partial charge < -0.3 is 5.32 Å². The van der Waals surface area contributed by atoms with Gasteiger partial charge in [0.2, 0.25) is 15.9 Å². The first-order valence-corrected chi connectivity index (χ1v) is 14.0. The number of carbonyl (C=O) groups is 1. The molecule has 8 heteroatoms. The van der Waals surface area contributed by atoms with E-state index in [0.717, 1.165) is 23.3 Å². The van der Waals surface area contributed by atoms with E-state index in [-0.39, 0.29) is 34.7 Å². The molecule has 0 heterocycles. The zero-order valence-corrected chi connectivity index (χ0v) is 21.7. The van der Waals surface area contributed by atoms with Crippen LogP contribution in [0.4, 0.5) is 8.78 Å². The van der Waals surface area contributed by atoms with Crippen LogP contribution in [0.25, 0.3) is 0 Å². The molecule has 37 heavy (non-hydrogen) atoms. The van der Waals surface area contributed by atoms with Crippen LogP contribution in [0.1, 0.15) is 42.4 Å². The van der Waals surface area contributed by atoms with Crippen molar-refractivity contribution in [1.82, 2.24) is 9.62 Å². The molecule has 1 aliphatic carbocycles. The highest BCUT2D eigenvalue weighted by Gasteiger charge is 2.32. The summed E-state index contributed by atoms with van der Waals surface area (Å²) in [7, 11) is -3.98. The third-order valence-corrected chi connectivity index (χ3v) is 8.87. The Morgan fingerprint density at radius 3 is 2.14 bits per heavy atom. The van der Waals surface area contributed by atoms with E-state index >= 15 is 0 Å². The minimum atomic E-state index is -3.98. The molecular formula is C29H32F2N2O3S. The third kappa shape index (κ3) is 6.81. The fraction of sp³-hybridized carbons (Fsp3) is 0.345. The van der Waals surface area contributed by atoms with E-state index in [4.69, 9.17) is 0 Å². The first-order valence-electron chi connectivity index (χ1n) is 12.6. The monoisotopic (exact) mass is 526 g/mol. The quantitative estimate of drug-likeness (QED) is 0.396. The summed E-state index contributed by atoms with van der Waals surface area (Å²) in [5.74, 6) is -1.70. The van der Waals surface area contributed by atoms with E-state index in [1.807, 2.05) is 31.2 Å². The lowest BCUT2D eigenvalue weighted by molar-refractivity contribution is -0.126. The molecule has 0 spiro atoms. The van der Waals surface area contributed by atoms with Gasteiger partial charge in [-0.25, -0.2) is 17.2 Å². The van der Waals surface area contributed by atoms with E-state index in [0.29, 0.717) is 32.2 Å². The van der Waals surface area contributed by atoms with Crippen molar-refractivity contribution in [1.29, 1.82) is 0 Å². The largest absolute Gasteiger partial charge is 0.352 e. The molecule has 1 saturated carbocycles. The SMILES string of the molecule is Cc1ccc(CNC(=O)C2CCC(CN(Cc3c(F)cccc3F)S(=O)(=O)c3ccccc3)CC2)cc1. The molecule has 196 valence electrons. The number of amides is 1. The molecule has 1 N–H and O–H groups in total. The summed E-state index contributed by atoms with van der Waals surface area (Å²) < 4.78 is 57.0. The van der Waals surface area contributed by atoms with Crippen molar-refractivity contribution in [3.63, 3.8) is 0 Å². The minimum absolute atomic E-state index is 0.00113. The molecule has 3 aromatic carbocycles. The predicted octanol–water partition coefficient (Wildman–Crippen LogP) is 5.59. The average Bonchev–Trinajstić information content (AvgIpc) is 2.90. The van der Waals surface area contributed by atoms with Gasteiger partial charge in [-0.3, -0.25) is 4.79 Å². The molecule has 0 radical (unpaired) electrons. The van der Waals surface area contributed by atoms with Crippen LogP contribution in [0.5, 0.6) is 0 Å². The Morgan fingerprint density at radius 1 is 0.892 bits per heavy atom. The van der Waals surface area contributed by atoms with E-state index in [1.165, 1.54) is 22.5 Å². The Kier molecular flexibility index (Phi) is 8.71. The summed E-state index contributed by atoms with van der Waals surface area (Å²) in [5.41, 5.74) is 1.93. The van der Waals surface area contributed by atoms with Gasteiger partial charge in [-0.05, 0) is 68.4 Å². The van der Waals surface area contributed by atoms with E-state index in [9.17, 15) is 22.0 Å². The van der Waals surface area contributed by atoms with Crippen LogP contribution in [0.15, 0.2) is 77.7 Å². The number of benzene rings is 3. The second-order valence-electron chi connectivity index (χ2n) is 9.73. The van der Waals surface area contributed by atoms with Crippen molar-refractivity contribution in [2.24, 2.45) is 11.8 Å². The normalized spacial score (nSPS) is 18.1. The van der Waals surface area contributed by atoms with Gasteiger partial charge in [-0.1, -0.05) is 54.1 Å². The molecule has 0 aliphatic heterocycles. The highest BCUT2D eigenvalue weighted by Crippen LogP contribution is 2.32. The summed E-state index contributed by atoms with van der Waals surface area (Å²) in [5, 5.41) is 3.01. The average molecular weight is 527 g/mol. The summed E-state index contributed by atoms with van der Waals surface area (Å²) in [4.78, 5) is 12.8. The summed E-state index contributed by atoms with van der Waals surface area (Å²) in [6, 6.07) is 19.4. The molecule has 0 saturated heterocycles.